The van der Waals surface area contributed by atoms with Crippen LogP contribution in [0.5, 0.6) is 23.0 Å². The van der Waals surface area contributed by atoms with Crippen molar-refractivity contribution in [3.05, 3.63) is 107 Å². The number of nitrogens with one attached hydrogen (secondary N) is 2. The van der Waals surface area contributed by atoms with Crippen LogP contribution in [0, 0.1) is 0 Å². The number of ether oxygens (including phenoxy) is 4. The fourth-order valence-electron chi connectivity index (χ4n) is 11.1. The topological polar surface area (TPSA) is 115 Å². The molecule has 0 saturated carbocycles. The molecule has 0 radical (unpaired) electrons. The molecule has 0 bridgehead atoms. The molecule has 4 aromatic carbocycles. The summed E-state index contributed by atoms with van der Waals surface area (Å²) in [6.45, 7) is 11.5. The van der Waals surface area contributed by atoms with E-state index in [0.29, 0.717) is 80.1 Å². The second-order valence-electron chi connectivity index (χ2n) is 20.4. The third-order valence-corrected chi connectivity index (χ3v) is 15.5. The Hall–Kier alpha value is -6.38. The Balaban J connectivity index is 0.760. The van der Waals surface area contributed by atoms with E-state index in [2.05, 4.69) is 105 Å². The average Bonchev–Trinajstić information content (AvgIpc) is 3.98. The van der Waals surface area contributed by atoms with Crippen molar-refractivity contribution in [3.8, 4) is 23.0 Å². The summed E-state index contributed by atoms with van der Waals surface area (Å²) in [6.07, 6.45) is 12.3. The van der Waals surface area contributed by atoms with Gasteiger partial charge in [-0.25, -0.2) is 0 Å². The SMILES string of the molecule is CN1CCN(c2ccc(C3=CN4C(=O)c5cc6c(cc5NCC4C3)OCCCOc3cc4c(cc3OCCCCCCCCO6)C(=O)N3C=C(c5ccc(N6CCN(C)CC6)cc5)C[C@H]3CN4)cc2)CC1. The first-order chi connectivity index (χ1) is 34.8. The second kappa shape index (κ2) is 21.1. The molecule has 2 N–H and O–H groups in total. The van der Waals surface area contributed by atoms with Gasteiger partial charge < -0.3 is 59.0 Å². The zero-order valence-corrected chi connectivity index (χ0v) is 41.6. The second-order valence-corrected chi connectivity index (χ2v) is 20.4. The lowest BCUT2D eigenvalue weighted by atomic mass is 10.0. The van der Waals surface area contributed by atoms with Crippen LogP contribution in [0.3, 0.4) is 0 Å². The fourth-order valence-corrected chi connectivity index (χ4v) is 11.1. The minimum atomic E-state index is -0.0339. The van der Waals surface area contributed by atoms with Gasteiger partial charge in [0.25, 0.3) is 11.8 Å². The Labute approximate surface area is 419 Å². The van der Waals surface area contributed by atoms with Crippen LogP contribution in [0.15, 0.2) is 85.2 Å². The highest BCUT2D eigenvalue weighted by Crippen LogP contribution is 2.42. The smallest absolute Gasteiger partial charge is 0.260 e. The maximum atomic E-state index is 14.4. The first-order valence-electron chi connectivity index (χ1n) is 26.3. The standard InChI is InChI=1S/C57H70N8O6/c1-60-18-22-62(23-19-60)44-14-10-40(11-15-44)42-30-46-36-58-50-34-54-52(32-48(50)56(66)64(46)38-42)68-26-7-5-3-4-6-8-27-69-53-33-49-51(35-55(53)71-29-9-28-70-54)59-37-47-31-43(39-65(47)57(49)67)41-12-16-45(17-13-41)63-24-20-61(2)21-25-63/h10-17,32-35,38-39,46-47,58-59H,3-9,18-31,36-37H2,1-2H3/t46-,47?/m0/s1. The Morgan fingerprint density at radius 2 is 0.817 bits per heavy atom. The number of benzene rings is 4. The van der Waals surface area contributed by atoms with Gasteiger partial charge in [-0.1, -0.05) is 49.9 Å². The predicted molar refractivity (Wildman–Crippen MR) is 282 cm³/mol. The first-order valence-corrected chi connectivity index (χ1v) is 26.3. The van der Waals surface area contributed by atoms with E-state index in [0.717, 1.165) is 126 Å². The van der Waals surface area contributed by atoms with Gasteiger partial charge in [-0.3, -0.25) is 9.59 Å². The lowest BCUT2D eigenvalue weighted by molar-refractivity contribution is 0.0788. The van der Waals surface area contributed by atoms with Crippen molar-refractivity contribution in [2.24, 2.45) is 0 Å². The summed E-state index contributed by atoms with van der Waals surface area (Å²) < 4.78 is 25.8. The number of carbonyl (C=O) groups excluding carboxylic acids is 2. The molecule has 14 nitrogen and oxygen atoms in total. The maximum Gasteiger partial charge on any atom is 0.260 e. The number of hydrogen-bond donors (Lipinski definition) is 2. The van der Waals surface area contributed by atoms with Crippen molar-refractivity contribution in [1.29, 1.82) is 0 Å². The highest BCUT2D eigenvalue weighted by Gasteiger charge is 2.37. The minimum Gasteiger partial charge on any atom is -0.490 e. The van der Waals surface area contributed by atoms with Gasteiger partial charge in [-0.15, -0.1) is 0 Å². The summed E-state index contributed by atoms with van der Waals surface area (Å²) in [5, 5.41) is 7.21. The van der Waals surface area contributed by atoms with Crippen LogP contribution >= 0.6 is 0 Å². The number of rotatable bonds is 4. The number of anilines is 4. The molecule has 2 fully saturated rings. The number of carbonyl (C=O) groups is 2. The number of hydrogen-bond acceptors (Lipinski definition) is 12. The summed E-state index contributed by atoms with van der Waals surface area (Å²) in [7, 11) is 4.36. The van der Waals surface area contributed by atoms with E-state index >= 15 is 0 Å². The number of amides is 2. The monoisotopic (exact) mass is 963 g/mol. The number of nitrogens with zero attached hydrogens (tertiary/aromatic N) is 6. The minimum absolute atomic E-state index is 0.00186. The quantitative estimate of drug-likeness (QED) is 0.205. The number of likely N-dealkylation sites (N-methyl/N-ethyl adjacent to an activating group) is 2. The van der Waals surface area contributed by atoms with Crippen LogP contribution in [-0.4, -0.2) is 149 Å². The van der Waals surface area contributed by atoms with E-state index in [-0.39, 0.29) is 23.9 Å². The maximum absolute atomic E-state index is 14.4. The van der Waals surface area contributed by atoms with Crippen molar-refractivity contribution < 1.29 is 28.5 Å². The largest absolute Gasteiger partial charge is 0.490 e. The van der Waals surface area contributed by atoms with Crippen molar-refractivity contribution in [3.63, 3.8) is 0 Å². The molecule has 4 aromatic rings. The van der Waals surface area contributed by atoms with Crippen molar-refractivity contribution in [2.75, 3.05) is 126 Å². The first kappa shape index (κ1) is 47.0. The third-order valence-electron chi connectivity index (χ3n) is 15.5. The van der Waals surface area contributed by atoms with E-state index in [9.17, 15) is 9.59 Å². The highest BCUT2D eigenvalue weighted by molar-refractivity contribution is 6.04. The van der Waals surface area contributed by atoms with Crippen LogP contribution in [-0.2, 0) is 0 Å². The summed E-state index contributed by atoms with van der Waals surface area (Å²) in [6, 6.07) is 25.3. The Morgan fingerprint density at radius 1 is 0.451 bits per heavy atom. The number of fused-ring (bicyclic) bond motifs is 6. The molecule has 2 amide bonds. The molecule has 7 heterocycles. The average molecular weight is 963 g/mol. The molecule has 0 aliphatic carbocycles. The lowest BCUT2D eigenvalue weighted by Crippen LogP contribution is -2.44. The van der Waals surface area contributed by atoms with E-state index in [1.807, 2.05) is 34.1 Å². The van der Waals surface area contributed by atoms with Gasteiger partial charge in [0.2, 0.25) is 0 Å². The Morgan fingerprint density at radius 3 is 1.23 bits per heavy atom. The summed E-state index contributed by atoms with van der Waals surface area (Å²) in [5.41, 5.74) is 9.85. The zero-order valence-electron chi connectivity index (χ0n) is 41.6. The van der Waals surface area contributed by atoms with Gasteiger partial charge in [-0.05, 0) is 98.4 Å². The molecule has 71 heavy (non-hydrogen) atoms. The van der Waals surface area contributed by atoms with Crippen LogP contribution < -0.4 is 39.4 Å². The van der Waals surface area contributed by atoms with Crippen LogP contribution in [0.1, 0.15) is 89.6 Å². The van der Waals surface area contributed by atoms with Gasteiger partial charge in [0.1, 0.15) is 0 Å². The molecule has 11 rings (SSSR count). The summed E-state index contributed by atoms with van der Waals surface area (Å²) in [4.78, 5) is 42.2. The molecule has 7 aliphatic rings. The predicted octanol–water partition coefficient (Wildman–Crippen LogP) is 8.51. The van der Waals surface area contributed by atoms with Gasteiger partial charge in [0.05, 0.1) is 61.0 Å². The van der Waals surface area contributed by atoms with Crippen LogP contribution in [0.4, 0.5) is 22.7 Å². The Kier molecular flexibility index (Phi) is 14.0. The van der Waals surface area contributed by atoms with Gasteiger partial charge >= 0.3 is 0 Å². The van der Waals surface area contributed by atoms with Crippen LogP contribution in [0.25, 0.3) is 11.1 Å². The van der Waals surface area contributed by atoms with E-state index < -0.39 is 0 Å². The van der Waals surface area contributed by atoms with Gasteiger partial charge in [0, 0.05) is 108 Å². The van der Waals surface area contributed by atoms with E-state index in [1.54, 1.807) is 0 Å². The van der Waals surface area contributed by atoms with E-state index in [4.69, 9.17) is 18.9 Å². The summed E-state index contributed by atoms with van der Waals surface area (Å²) in [5.74, 6) is 2.31. The molecular formula is C57H70N8O6. The molecule has 7 aliphatic heterocycles. The van der Waals surface area contributed by atoms with Gasteiger partial charge in [0.15, 0.2) is 23.0 Å². The molecule has 2 saturated heterocycles. The Bertz CT molecular complexity index is 2440. The van der Waals surface area contributed by atoms with Crippen molar-refractivity contribution >= 4 is 45.7 Å². The molecule has 14 heteroatoms. The normalized spacial score (nSPS) is 22.7. The summed E-state index contributed by atoms with van der Waals surface area (Å²) >= 11 is 0. The molecule has 0 spiro atoms. The molecule has 2 atom stereocenters. The highest BCUT2D eigenvalue weighted by atomic mass is 16.5. The van der Waals surface area contributed by atoms with Crippen molar-refractivity contribution in [1.82, 2.24) is 19.6 Å². The fraction of sp³-hybridized carbons (Fsp3) is 0.474. The third kappa shape index (κ3) is 10.4. The molecule has 1 unspecified atom stereocenters. The molecule has 374 valence electrons. The molecule has 0 aromatic heterocycles. The van der Waals surface area contributed by atoms with Crippen molar-refractivity contribution in [2.45, 2.75) is 69.9 Å². The molecular weight excluding hydrogens is 893 g/mol. The van der Waals surface area contributed by atoms with Crippen LogP contribution in [0.2, 0.25) is 0 Å². The number of piperazine rings is 2. The lowest BCUT2D eigenvalue weighted by Gasteiger charge is -2.34. The zero-order chi connectivity index (χ0) is 48.3. The van der Waals surface area contributed by atoms with Gasteiger partial charge in [-0.2, -0.15) is 0 Å². The van der Waals surface area contributed by atoms with E-state index in [1.165, 1.54) is 22.5 Å².